The first-order valence-corrected chi connectivity index (χ1v) is 9.97. The average Bonchev–Trinajstić information content (AvgIpc) is 2.77. The number of ether oxygens (including phenoxy) is 1. The van der Waals surface area contributed by atoms with E-state index >= 15 is 0 Å². The Hall–Kier alpha value is -3.99. The topological polar surface area (TPSA) is 72.5 Å². The number of rotatable bonds is 5. The molecule has 0 aliphatic carbocycles. The lowest BCUT2D eigenvalue weighted by molar-refractivity contribution is -0.123. The van der Waals surface area contributed by atoms with E-state index in [-0.39, 0.29) is 5.78 Å². The third-order valence-corrected chi connectivity index (χ3v) is 5.17. The molecule has 0 saturated carbocycles. The summed E-state index contributed by atoms with van der Waals surface area (Å²) in [5.41, 5.74) is 1.40. The van der Waals surface area contributed by atoms with Crippen molar-refractivity contribution >= 4 is 44.9 Å². The molecule has 1 N–H and O–H groups in total. The number of amides is 1. The van der Waals surface area contributed by atoms with Crippen LogP contribution in [0.15, 0.2) is 78.9 Å². The van der Waals surface area contributed by atoms with Crippen molar-refractivity contribution < 1.29 is 19.1 Å². The SMILES string of the molecule is CC(=O)c1cccc(NC(=O)[C@@H](C)OC(=O)c2c3ccccc3cc3ccccc23)c1. The molecule has 0 aromatic heterocycles. The third-order valence-electron chi connectivity index (χ3n) is 5.17. The minimum Gasteiger partial charge on any atom is -0.449 e. The molecule has 154 valence electrons. The van der Waals surface area contributed by atoms with Crippen molar-refractivity contribution in [3.8, 4) is 0 Å². The molecule has 4 aromatic rings. The van der Waals surface area contributed by atoms with Gasteiger partial charge >= 0.3 is 5.97 Å². The van der Waals surface area contributed by atoms with Gasteiger partial charge in [0.1, 0.15) is 0 Å². The number of fused-ring (bicyclic) bond motifs is 2. The Balaban J connectivity index is 1.60. The molecule has 0 unspecified atom stereocenters. The maximum atomic E-state index is 13.1. The Labute approximate surface area is 179 Å². The molecule has 31 heavy (non-hydrogen) atoms. The number of Topliss-reactive ketones (excluding diaryl/α,β-unsaturated/α-hetero) is 1. The highest BCUT2D eigenvalue weighted by Crippen LogP contribution is 2.29. The minimum absolute atomic E-state index is 0.0987. The number of anilines is 1. The Morgan fingerprint density at radius 2 is 1.42 bits per heavy atom. The van der Waals surface area contributed by atoms with Crippen LogP contribution in [0.5, 0.6) is 0 Å². The highest BCUT2D eigenvalue weighted by molar-refractivity contribution is 6.17. The van der Waals surface area contributed by atoms with Crippen molar-refractivity contribution in [2.45, 2.75) is 20.0 Å². The van der Waals surface area contributed by atoms with Crippen LogP contribution in [0.1, 0.15) is 34.6 Å². The van der Waals surface area contributed by atoms with Gasteiger partial charge in [0, 0.05) is 11.3 Å². The van der Waals surface area contributed by atoms with E-state index in [1.807, 2.05) is 54.6 Å². The van der Waals surface area contributed by atoms with E-state index in [0.717, 1.165) is 21.5 Å². The second-order valence-electron chi connectivity index (χ2n) is 7.37. The van der Waals surface area contributed by atoms with E-state index in [9.17, 15) is 14.4 Å². The number of esters is 1. The number of nitrogens with one attached hydrogen (secondary N) is 1. The molecular formula is C26H21NO4. The summed E-state index contributed by atoms with van der Waals surface area (Å²) < 4.78 is 5.55. The molecular weight excluding hydrogens is 390 g/mol. The Kier molecular flexibility index (Phi) is 5.50. The van der Waals surface area contributed by atoms with Crippen LogP contribution >= 0.6 is 0 Å². The summed E-state index contributed by atoms with van der Waals surface area (Å²) in [5, 5.41) is 6.09. The van der Waals surface area contributed by atoms with Crippen LogP contribution in [0.4, 0.5) is 5.69 Å². The van der Waals surface area contributed by atoms with Gasteiger partial charge in [0.05, 0.1) is 5.56 Å². The Morgan fingerprint density at radius 3 is 2.03 bits per heavy atom. The second-order valence-corrected chi connectivity index (χ2v) is 7.37. The number of carbonyl (C=O) groups excluding carboxylic acids is 3. The van der Waals surface area contributed by atoms with Crippen LogP contribution in [0.2, 0.25) is 0 Å². The van der Waals surface area contributed by atoms with Gasteiger partial charge in [-0.3, -0.25) is 9.59 Å². The smallest absolute Gasteiger partial charge is 0.340 e. The largest absolute Gasteiger partial charge is 0.449 e. The summed E-state index contributed by atoms with van der Waals surface area (Å²) in [7, 11) is 0. The van der Waals surface area contributed by atoms with E-state index in [1.165, 1.54) is 13.8 Å². The lowest BCUT2D eigenvalue weighted by Gasteiger charge is -2.16. The van der Waals surface area contributed by atoms with E-state index < -0.39 is 18.0 Å². The monoisotopic (exact) mass is 411 g/mol. The zero-order chi connectivity index (χ0) is 22.0. The number of benzene rings is 4. The molecule has 0 spiro atoms. The van der Waals surface area contributed by atoms with Crippen LogP contribution in [-0.4, -0.2) is 23.8 Å². The van der Waals surface area contributed by atoms with Crippen LogP contribution in [0, 0.1) is 0 Å². The standard InChI is InChI=1S/C26H21NO4/c1-16(28)18-10-7-11-21(15-18)27-25(29)17(2)31-26(30)24-22-12-5-3-8-19(22)14-20-9-4-6-13-23(20)24/h3-15,17H,1-2H3,(H,27,29)/t17-/m1/s1. The van der Waals surface area contributed by atoms with E-state index in [4.69, 9.17) is 4.74 Å². The summed E-state index contributed by atoms with van der Waals surface area (Å²) >= 11 is 0. The van der Waals surface area contributed by atoms with E-state index in [1.54, 1.807) is 24.3 Å². The number of ketones is 1. The molecule has 0 aliphatic rings. The lowest BCUT2D eigenvalue weighted by Crippen LogP contribution is -2.30. The average molecular weight is 411 g/mol. The molecule has 1 atom stereocenters. The van der Waals surface area contributed by atoms with Crippen LogP contribution in [0.3, 0.4) is 0 Å². The molecule has 4 rings (SSSR count). The van der Waals surface area contributed by atoms with Gasteiger partial charge in [-0.2, -0.15) is 0 Å². The van der Waals surface area contributed by atoms with Gasteiger partial charge in [0.25, 0.3) is 5.91 Å². The number of hydrogen-bond acceptors (Lipinski definition) is 4. The predicted molar refractivity (Wildman–Crippen MR) is 121 cm³/mol. The molecule has 4 aromatic carbocycles. The number of hydrogen-bond donors (Lipinski definition) is 1. The molecule has 0 saturated heterocycles. The summed E-state index contributed by atoms with van der Waals surface area (Å²) in [6, 6.07) is 23.8. The van der Waals surface area contributed by atoms with Gasteiger partial charge in [-0.15, -0.1) is 0 Å². The molecule has 0 heterocycles. The molecule has 5 nitrogen and oxygen atoms in total. The molecule has 5 heteroatoms. The van der Waals surface area contributed by atoms with Gasteiger partial charge in [-0.25, -0.2) is 4.79 Å². The zero-order valence-electron chi connectivity index (χ0n) is 17.2. The van der Waals surface area contributed by atoms with Gasteiger partial charge in [0.2, 0.25) is 0 Å². The maximum Gasteiger partial charge on any atom is 0.340 e. The summed E-state index contributed by atoms with van der Waals surface area (Å²) in [6.45, 7) is 2.98. The number of carbonyl (C=O) groups is 3. The quantitative estimate of drug-likeness (QED) is 0.272. The first-order chi connectivity index (χ1) is 14.9. The van der Waals surface area contributed by atoms with E-state index in [2.05, 4.69) is 5.32 Å². The fourth-order valence-electron chi connectivity index (χ4n) is 3.57. The van der Waals surface area contributed by atoms with Gasteiger partial charge in [-0.1, -0.05) is 60.7 Å². The van der Waals surface area contributed by atoms with Crippen molar-refractivity contribution in [3.05, 3.63) is 90.0 Å². The van der Waals surface area contributed by atoms with Crippen LogP contribution < -0.4 is 5.32 Å². The Morgan fingerprint density at radius 1 is 0.806 bits per heavy atom. The summed E-state index contributed by atoms with van der Waals surface area (Å²) in [4.78, 5) is 37.3. The zero-order valence-corrected chi connectivity index (χ0v) is 17.2. The first kappa shape index (κ1) is 20.3. The molecule has 0 bridgehead atoms. The Bertz CT molecular complexity index is 1270. The first-order valence-electron chi connectivity index (χ1n) is 9.97. The fourth-order valence-corrected chi connectivity index (χ4v) is 3.57. The third kappa shape index (κ3) is 4.16. The maximum absolute atomic E-state index is 13.1. The molecule has 0 aliphatic heterocycles. The molecule has 1 amide bonds. The summed E-state index contributed by atoms with van der Waals surface area (Å²) in [6.07, 6.45) is -1.02. The van der Waals surface area contributed by atoms with Crippen LogP contribution in [0.25, 0.3) is 21.5 Å². The van der Waals surface area contributed by atoms with Crippen molar-refractivity contribution in [1.82, 2.24) is 0 Å². The second kappa shape index (κ2) is 8.40. The molecule has 0 fully saturated rings. The van der Waals surface area contributed by atoms with Crippen molar-refractivity contribution in [1.29, 1.82) is 0 Å². The molecule has 0 radical (unpaired) electrons. The van der Waals surface area contributed by atoms with Crippen molar-refractivity contribution in [3.63, 3.8) is 0 Å². The van der Waals surface area contributed by atoms with E-state index in [0.29, 0.717) is 16.8 Å². The normalized spacial score (nSPS) is 11.8. The van der Waals surface area contributed by atoms with Gasteiger partial charge < -0.3 is 10.1 Å². The van der Waals surface area contributed by atoms with Crippen LogP contribution in [-0.2, 0) is 9.53 Å². The van der Waals surface area contributed by atoms with Crippen molar-refractivity contribution in [2.24, 2.45) is 0 Å². The van der Waals surface area contributed by atoms with Crippen molar-refractivity contribution in [2.75, 3.05) is 5.32 Å². The highest BCUT2D eigenvalue weighted by Gasteiger charge is 2.22. The minimum atomic E-state index is -1.02. The highest BCUT2D eigenvalue weighted by atomic mass is 16.5. The summed E-state index contributed by atoms with van der Waals surface area (Å²) in [5.74, 6) is -1.13. The predicted octanol–water partition coefficient (Wildman–Crippen LogP) is 5.38. The fraction of sp³-hybridized carbons (Fsp3) is 0.115. The van der Waals surface area contributed by atoms with Gasteiger partial charge in [0.15, 0.2) is 11.9 Å². The van der Waals surface area contributed by atoms with Gasteiger partial charge in [-0.05, 0) is 53.6 Å². The lowest BCUT2D eigenvalue weighted by atomic mass is 9.97.